The predicted octanol–water partition coefficient (Wildman–Crippen LogP) is 3.30. The summed E-state index contributed by atoms with van der Waals surface area (Å²) in [6, 6.07) is 2.56. The molecule has 0 N–H and O–H groups in total. The van der Waals surface area contributed by atoms with Crippen molar-refractivity contribution in [3.05, 3.63) is 40.2 Å². The molecule has 0 bridgehead atoms. The monoisotopic (exact) mass is 363 g/mol. The minimum absolute atomic E-state index is 0.00179. The highest BCUT2D eigenvalue weighted by Crippen LogP contribution is 2.38. The molecule has 26 heavy (non-hydrogen) atoms. The highest BCUT2D eigenvalue weighted by Gasteiger charge is 2.30. The number of piperidine rings is 1. The number of nitro benzene ring substituents is 1. The molecule has 0 amide bonds. The number of ether oxygens (including phenoxy) is 1. The molecule has 1 aliphatic rings. The third-order valence-corrected chi connectivity index (χ3v) is 4.73. The van der Waals surface area contributed by atoms with E-state index in [9.17, 15) is 14.5 Å². The van der Waals surface area contributed by atoms with Gasteiger partial charge in [-0.15, -0.1) is 10.2 Å². The first-order chi connectivity index (χ1) is 12.4. The van der Waals surface area contributed by atoms with Crippen LogP contribution in [-0.4, -0.2) is 39.9 Å². The van der Waals surface area contributed by atoms with Crippen molar-refractivity contribution in [1.82, 2.24) is 14.8 Å². The molecular weight excluding hydrogens is 341 g/mol. The van der Waals surface area contributed by atoms with Crippen LogP contribution in [0.5, 0.6) is 5.75 Å². The van der Waals surface area contributed by atoms with Gasteiger partial charge >= 0.3 is 0 Å². The maximum atomic E-state index is 13.9. The van der Waals surface area contributed by atoms with Crippen LogP contribution in [-0.2, 0) is 0 Å². The number of nitro groups is 1. The van der Waals surface area contributed by atoms with Crippen molar-refractivity contribution in [2.45, 2.75) is 38.6 Å². The second kappa shape index (κ2) is 7.27. The van der Waals surface area contributed by atoms with Gasteiger partial charge in [0.05, 0.1) is 18.1 Å². The number of methoxy groups -OCH3 is 1. The fraction of sp³-hybridized carbons (Fsp3) is 0.529. The maximum Gasteiger partial charge on any atom is 0.295 e. The van der Waals surface area contributed by atoms with Crippen LogP contribution >= 0.6 is 0 Å². The minimum atomic E-state index is -0.740. The molecule has 0 aliphatic carbocycles. The molecule has 1 atom stereocenters. The van der Waals surface area contributed by atoms with Crippen LogP contribution in [0.4, 0.5) is 15.8 Å². The van der Waals surface area contributed by atoms with E-state index >= 15 is 0 Å². The molecule has 2 heterocycles. The van der Waals surface area contributed by atoms with E-state index < -0.39 is 10.7 Å². The van der Waals surface area contributed by atoms with Crippen molar-refractivity contribution in [3.63, 3.8) is 0 Å². The molecule has 1 unspecified atom stereocenters. The molecular formula is C17H22FN5O3. The zero-order valence-corrected chi connectivity index (χ0v) is 15.1. The Bertz CT molecular complexity index is 808. The van der Waals surface area contributed by atoms with Crippen molar-refractivity contribution < 1.29 is 14.1 Å². The molecule has 0 radical (unpaired) electrons. The maximum absolute atomic E-state index is 13.9. The van der Waals surface area contributed by atoms with Crippen molar-refractivity contribution in [2.75, 3.05) is 25.1 Å². The molecule has 0 saturated carbocycles. The van der Waals surface area contributed by atoms with Crippen molar-refractivity contribution in [1.29, 1.82) is 0 Å². The Kier molecular flexibility index (Phi) is 5.06. The lowest BCUT2D eigenvalue weighted by molar-refractivity contribution is -0.384. The van der Waals surface area contributed by atoms with Crippen LogP contribution < -0.4 is 9.64 Å². The molecule has 1 saturated heterocycles. The van der Waals surface area contributed by atoms with Crippen LogP contribution in [0.3, 0.4) is 0 Å². The molecule has 1 aliphatic heterocycles. The number of nitrogens with zero attached hydrogens (tertiary/aromatic N) is 5. The number of hydrogen-bond acceptors (Lipinski definition) is 6. The first kappa shape index (κ1) is 18.1. The molecule has 1 aromatic carbocycles. The lowest BCUT2D eigenvalue weighted by Gasteiger charge is -2.34. The van der Waals surface area contributed by atoms with E-state index in [1.807, 2.05) is 9.47 Å². The Morgan fingerprint density at radius 2 is 2.19 bits per heavy atom. The minimum Gasteiger partial charge on any atom is -0.494 e. The van der Waals surface area contributed by atoms with Gasteiger partial charge < -0.3 is 14.2 Å². The fourth-order valence-corrected chi connectivity index (χ4v) is 3.44. The normalized spacial score (nSPS) is 17.6. The average molecular weight is 363 g/mol. The van der Waals surface area contributed by atoms with Gasteiger partial charge in [0.1, 0.15) is 17.8 Å². The van der Waals surface area contributed by atoms with E-state index in [0.29, 0.717) is 18.8 Å². The summed E-state index contributed by atoms with van der Waals surface area (Å²) in [6.07, 6.45) is 3.49. The third-order valence-electron chi connectivity index (χ3n) is 4.73. The molecule has 0 spiro atoms. The van der Waals surface area contributed by atoms with E-state index in [0.717, 1.165) is 24.7 Å². The van der Waals surface area contributed by atoms with Crippen molar-refractivity contribution in [3.8, 4) is 5.75 Å². The second-order valence-corrected chi connectivity index (χ2v) is 6.71. The summed E-state index contributed by atoms with van der Waals surface area (Å²) in [5, 5.41) is 19.7. The van der Waals surface area contributed by atoms with Gasteiger partial charge in [0.2, 0.25) is 0 Å². The van der Waals surface area contributed by atoms with Gasteiger partial charge in [-0.2, -0.15) is 0 Å². The van der Waals surface area contributed by atoms with Crippen LogP contribution in [0, 0.1) is 15.9 Å². The van der Waals surface area contributed by atoms with Gasteiger partial charge in [-0.05, 0) is 26.7 Å². The third kappa shape index (κ3) is 3.33. The zero-order chi connectivity index (χ0) is 18.8. The van der Waals surface area contributed by atoms with E-state index in [2.05, 4.69) is 24.0 Å². The Morgan fingerprint density at radius 3 is 2.85 bits per heavy atom. The summed E-state index contributed by atoms with van der Waals surface area (Å²) in [6.45, 7) is 5.33. The van der Waals surface area contributed by atoms with Gasteiger partial charge in [-0.3, -0.25) is 10.1 Å². The zero-order valence-electron chi connectivity index (χ0n) is 15.1. The Balaban J connectivity index is 1.95. The predicted molar refractivity (Wildman–Crippen MR) is 94.2 cm³/mol. The lowest BCUT2D eigenvalue weighted by atomic mass is 9.96. The summed E-state index contributed by atoms with van der Waals surface area (Å²) >= 11 is 0. The standard InChI is InChI=1S/C17H22FN5O3/c1-11(2)22-10-19-20-17(22)12-5-4-6-21(9-12)14-8-16(26-3)13(18)7-15(14)23(24)25/h7-8,10-12H,4-6,9H2,1-3H3. The Morgan fingerprint density at radius 1 is 1.42 bits per heavy atom. The van der Waals surface area contributed by atoms with Gasteiger partial charge in [-0.25, -0.2) is 4.39 Å². The first-order valence-electron chi connectivity index (χ1n) is 8.58. The van der Waals surface area contributed by atoms with E-state index in [-0.39, 0.29) is 23.4 Å². The van der Waals surface area contributed by atoms with E-state index in [1.165, 1.54) is 13.2 Å². The van der Waals surface area contributed by atoms with E-state index in [4.69, 9.17) is 4.74 Å². The topological polar surface area (TPSA) is 86.3 Å². The van der Waals surface area contributed by atoms with E-state index in [1.54, 1.807) is 6.33 Å². The van der Waals surface area contributed by atoms with Crippen molar-refractivity contribution >= 4 is 11.4 Å². The second-order valence-electron chi connectivity index (χ2n) is 6.71. The number of hydrogen-bond donors (Lipinski definition) is 0. The SMILES string of the molecule is COc1cc(N2CCCC(c3nncn3C(C)C)C2)c([N+](=O)[O-])cc1F. The molecule has 1 fully saturated rings. The van der Waals surface area contributed by atoms with Gasteiger partial charge in [0.25, 0.3) is 5.69 Å². The molecule has 8 nitrogen and oxygen atoms in total. The average Bonchev–Trinajstić information content (AvgIpc) is 3.11. The van der Waals surface area contributed by atoms with Gasteiger partial charge in [-0.1, -0.05) is 0 Å². The number of anilines is 1. The summed E-state index contributed by atoms with van der Waals surface area (Å²) < 4.78 is 21.0. The fourth-order valence-electron chi connectivity index (χ4n) is 3.44. The van der Waals surface area contributed by atoms with Crippen LogP contribution in [0.25, 0.3) is 0 Å². The largest absolute Gasteiger partial charge is 0.494 e. The highest BCUT2D eigenvalue weighted by atomic mass is 19.1. The number of benzene rings is 1. The number of halogens is 1. The molecule has 140 valence electrons. The van der Waals surface area contributed by atoms with Crippen LogP contribution in [0.15, 0.2) is 18.5 Å². The van der Waals surface area contributed by atoms with Gasteiger partial charge in [0, 0.05) is 31.1 Å². The quantitative estimate of drug-likeness (QED) is 0.598. The number of aromatic nitrogens is 3. The first-order valence-corrected chi connectivity index (χ1v) is 8.58. The summed E-state index contributed by atoms with van der Waals surface area (Å²) in [5.41, 5.74) is 0.114. The Hall–Kier alpha value is -2.71. The summed E-state index contributed by atoms with van der Waals surface area (Å²) in [5.74, 6) is 0.236. The smallest absolute Gasteiger partial charge is 0.295 e. The summed E-state index contributed by atoms with van der Waals surface area (Å²) in [7, 11) is 1.35. The lowest BCUT2D eigenvalue weighted by Crippen LogP contribution is -2.36. The van der Waals surface area contributed by atoms with Gasteiger partial charge in [0.15, 0.2) is 11.6 Å². The molecule has 3 rings (SSSR count). The molecule has 9 heteroatoms. The molecule has 2 aromatic rings. The Labute approximate surface area is 150 Å². The van der Waals surface area contributed by atoms with Crippen LogP contribution in [0.1, 0.15) is 44.5 Å². The van der Waals surface area contributed by atoms with Crippen LogP contribution in [0.2, 0.25) is 0 Å². The summed E-state index contributed by atoms with van der Waals surface area (Å²) in [4.78, 5) is 12.8. The number of rotatable bonds is 5. The van der Waals surface area contributed by atoms with Crippen molar-refractivity contribution in [2.24, 2.45) is 0 Å². The highest BCUT2D eigenvalue weighted by molar-refractivity contribution is 5.66. The molecule has 1 aromatic heterocycles.